The molecule has 1 unspecified atom stereocenters. The second-order valence-electron chi connectivity index (χ2n) is 9.09. The lowest BCUT2D eigenvalue weighted by molar-refractivity contribution is -0.123. The Kier molecular flexibility index (Phi) is 9.09. The normalized spacial score (nSPS) is 12.6. The number of carbonyl (C=O) groups excluding carboxylic acids is 2. The maximum absolute atomic E-state index is 13.5. The highest BCUT2D eigenvalue weighted by Gasteiger charge is 2.26. The van der Waals surface area contributed by atoms with Crippen molar-refractivity contribution in [1.29, 1.82) is 0 Å². The molecule has 4 aromatic rings. The fraction of sp³-hybridized carbons (Fsp3) is 0.276. The van der Waals surface area contributed by atoms with E-state index in [0.29, 0.717) is 18.8 Å². The van der Waals surface area contributed by atoms with Gasteiger partial charge in [-0.1, -0.05) is 74.5 Å². The number of nitrogens with one attached hydrogen (secondary N) is 2. The van der Waals surface area contributed by atoms with E-state index in [1.165, 1.54) is 24.0 Å². The molecular formula is C29H31N3O3S2. The van der Waals surface area contributed by atoms with Crippen LogP contribution < -0.4 is 10.6 Å². The second-order valence-corrected chi connectivity index (χ2v) is 10.9. The first-order valence-corrected chi connectivity index (χ1v) is 14.0. The fourth-order valence-corrected chi connectivity index (χ4v) is 5.62. The van der Waals surface area contributed by atoms with Crippen molar-refractivity contribution < 1.29 is 14.3 Å². The Balaban J connectivity index is 1.59. The van der Waals surface area contributed by atoms with Crippen LogP contribution in [-0.2, 0) is 22.4 Å². The number of alkyl carbamates (subject to hydrolysis) is 1. The Morgan fingerprint density at radius 1 is 0.892 bits per heavy atom. The number of methoxy groups -OCH3 is 1. The van der Waals surface area contributed by atoms with Crippen molar-refractivity contribution in [2.75, 3.05) is 7.11 Å². The first-order chi connectivity index (χ1) is 17.9. The van der Waals surface area contributed by atoms with Gasteiger partial charge in [0, 0.05) is 11.8 Å². The van der Waals surface area contributed by atoms with Crippen LogP contribution in [0.15, 0.2) is 77.5 Å². The number of thiazole rings is 1. The molecule has 2 aromatic carbocycles. The summed E-state index contributed by atoms with van der Waals surface area (Å²) in [6, 6.07) is 21.0. The summed E-state index contributed by atoms with van der Waals surface area (Å²) in [5.41, 5.74) is 4.21. The predicted molar refractivity (Wildman–Crippen MR) is 150 cm³/mol. The van der Waals surface area contributed by atoms with Crippen LogP contribution in [0.4, 0.5) is 4.79 Å². The monoisotopic (exact) mass is 533 g/mol. The summed E-state index contributed by atoms with van der Waals surface area (Å²) in [6.45, 7) is 4.34. The van der Waals surface area contributed by atoms with Gasteiger partial charge in [0.1, 0.15) is 11.0 Å². The van der Waals surface area contributed by atoms with Crippen molar-refractivity contribution in [2.45, 2.75) is 44.7 Å². The van der Waals surface area contributed by atoms with Crippen molar-refractivity contribution in [1.82, 2.24) is 15.6 Å². The van der Waals surface area contributed by atoms with Crippen LogP contribution in [0, 0.1) is 0 Å². The molecule has 0 radical (unpaired) electrons. The molecule has 2 N–H and O–H groups in total. The molecule has 0 saturated heterocycles. The Morgan fingerprint density at radius 3 is 2.27 bits per heavy atom. The zero-order chi connectivity index (χ0) is 26.2. The van der Waals surface area contributed by atoms with Crippen molar-refractivity contribution in [3.63, 3.8) is 0 Å². The molecule has 2 atom stereocenters. The maximum Gasteiger partial charge on any atom is 0.407 e. The predicted octanol–water partition coefficient (Wildman–Crippen LogP) is 6.36. The largest absolute Gasteiger partial charge is 0.453 e. The van der Waals surface area contributed by atoms with Crippen LogP contribution in [0.2, 0.25) is 0 Å². The number of nitrogens with zero attached hydrogens (tertiary/aromatic N) is 1. The van der Waals surface area contributed by atoms with E-state index >= 15 is 0 Å². The highest BCUT2D eigenvalue weighted by molar-refractivity contribution is 7.14. The number of amides is 2. The van der Waals surface area contributed by atoms with Gasteiger partial charge < -0.3 is 15.4 Å². The van der Waals surface area contributed by atoms with E-state index in [2.05, 4.69) is 48.7 Å². The molecule has 0 spiro atoms. The van der Waals surface area contributed by atoms with Crippen molar-refractivity contribution in [2.24, 2.45) is 0 Å². The Morgan fingerprint density at radius 2 is 1.62 bits per heavy atom. The van der Waals surface area contributed by atoms with Gasteiger partial charge in [0.2, 0.25) is 5.91 Å². The number of benzene rings is 2. The summed E-state index contributed by atoms with van der Waals surface area (Å²) in [6.07, 6.45) is 0.277. The van der Waals surface area contributed by atoms with E-state index in [0.717, 1.165) is 26.7 Å². The van der Waals surface area contributed by atoms with Crippen LogP contribution in [-0.4, -0.2) is 30.1 Å². The lowest BCUT2D eigenvalue weighted by Crippen LogP contribution is -2.49. The van der Waals surface area contributed by atoms with Crippen molar-refractivity contribution in [3.8, 4) is 10.6 Å². The number of thiophene rings is 1. The molecule has 0 aliphatic carbocycles. The Bertz CT molecular complexity index is 1290. The molecule has 0 fully saturated rings. The van der Waals surface area contributed by atoms with Crippen LogP contribution >= 0.6 is 22.7 Å². The summed E-state index contributed by atoms with van der Waals surface area (Å²) in [4.78, 5) is 31.6. The third kappa shape index (κ3) is 7.27. The minimum Gasteiger partial charge on any atom is -0.453 e. The average molecular weight is 534 g/mol. The van der Waals surface area contributed by atoms with Gasteiger partial charge >= 0.3 is 6.09 Å². The molecular weight excluding hydrogens is 502 g/mol. The van der Waals surface area contributed by atoms with E-state index < -0.39 is 12.1 Å². The summed E-state index contributed by atoms with van der Waals surface area (Å²) >= 11 is 3.16. The number of rotatable bonds is 10. The Labute approximate surface area is 225 Å². The number of hydrogen-bond acceptors (Lipinski definition) is 6. The third-order valence-electron chi connectivity index (χ3n) is 6.07. The molecule has 0 saturated carbocycles. The van der Waals surface area contributed by atoms with Gasteiger partial charge in [0.15, 0.2) is 0 Å². The lowest BCUT2D eigenvalue weighted by Gasteiger charge is -2.22. The van der Waals surface area contributed by atoms with Gasteiger partial charge in [0.05, 0.1) is 23.7 Å². The summed E-state index contributed by atoms with van der Waals surface area (Å²) < 4.78 is 4.79. The average Bonchev–Trinajstić information content (AvgIpc) is 3.61. The van der Waals surface area contributed by atoms with E-state index in [-0.39, 0.29) is 11.9 Å². The zero-order valence-electron chi connectivity index (χ0n) is 21.1. The van der Waals surface area contributed by atoms with E-state index in [9.17, 15) is 9.59 Å². The number of hydrogen-bond donors (Lipinski definition) is 2. The maximum atomic E-state index is 13.5. The first kappa shape index (κ1) is 26.6. The molecule has 6 nitrogen and oxygen atoms in total. The minimum absolute atomic E-state index is 0.286. The molecule has 2 heterocycles. The number of aromatic nitrogens is 1. The molecule has 0 aliphatic rings. The molecule has 4 rings (SSSR count). The quantitative estimate of drug-likeness (QED) is 0.248. The van der Waals surface area contributed by atoms with Crippen molar-refractivity contribution >= 4 is 34.7 Å². The molecule has 192 valence electrons. The molecule has 0 bridgehead atoms. The summed E-state index contributed by atoms with van der Waals surface area (Å²) in [5, 5.41) is 10.7. The van der Waals surface area contributed by atoms with Gasteiger partial charge in [-0.3, -0.25) is 4.79 Å². The molecule has 0 aliphatic heterocycles. The van der Waals surface area contributed by atoms with Crippen LogP contribution in [0.1, 0.15) is 47.5 Å². The Hall–Kier alpha value is -3.49. The van der Waals surface area contributed by atoms with Crippen molar-refractivity contribution in [3.05, 3.63) is 99.2 Å². The smallest absolute Gasteiger partial charge is 0.407 e. The second kappa shape index (κ2) is 12.7. The van der Waals surface area contributed by atoms with Gasteiger partial charge in [-0.05, 0) is 40.5 Å². The van der Waals surface area contributed by atoms with Crippen LogP contribution in [0.3, 0.4) is 0 Å². The van der Waals surface area contributed by atoms with Gasteiger partial charge in [-0.15, -0.1) is 22.7 Å². The van der Waals surface area contributed by atoms with Gasteiger partial charge in [-0.2, -0.15) is 0 Å². The first-order valence-electron chi connectivity index (χ1n) is 12.2. The van der Waals surface area contributed by atoms with E-state index in [1.807, 2.05) is 53.2 Å². The van der Waals surface area contributed by atoms with Crippen LogP contribution in [0.5, 0.6) is 0 Å². The highest BCUT2D eigenvalue weighted by atomic mass is 32.1. The standard InChI is InChI=1S/C29H31N3O3S2/c1-19(2)22-13-11-21(12-14-22)17-24(28-31-25(18-37-28)26-10-7-15-36-26)30-27(33)23(32-29(34)35-3)16-20-8-5-4-6-9-20/h4-15,18-19,23-24H,16-17H2,1-3H3,(H,30,33)(H,32,34)/t23-,24?/m0/s1. The molecule has 2 aromatic heterocycles. The van der Waals surface area contributed by atoms with Crippen LogP contribution in [0.25, 0.3) is 10.6 Å². The van der Waals surface area contributed by atoms with Gasteiger partial charge in [0.25, 0.3) is 0 Å². The number of carbonyl (C=O) groups is 2. The zero-order valence-corrected chi connectivity index (χ0v) is 22.8. The molecule has 2 amide bonds. The van der Waals surface area contributed by atoms with E-state index in [1.54, 1.807) is 11.3 Å². The third-order valence-corrected chi connectivity index (χ3v) is 7.92. The highest BCUT2D eigenvalue weighted by Crippen LogP contribution is 2.30. The molecule has 8 heteroatoms. The summed E-state index contributed by atoms with van der Waals surface area (Å²) in [7, 11) is 1.29. The van der Waals surface area contributed by atoms with E-state index in [4.69, 9.17) is 9.72 Å². The topological polar surface area (TPSA) is 80.3 Å². The number of ether oxygens (including phenoxy) is 1. The molecule has 37 heavy (non-hydrogen) atoms. The van der Waals surface area contributed by atoms with Gasteiger partial charge in [-0.25, -0.2) is 9.78 Å². The minimum atomic E-state index is -0.794. The lowest BCUT2D eigenvalue weighted by atomic mass is 9.99. The summed E-state index contributed by atoms with van der Waals surface area (Å²) in [5.74, 6) is 0.158. The fourth-order valence-electron chi connectivity index (χ4n) is 3.99. The SMILES string of the molecule is COC(=O)N[C@@H](Cc1ccccc1)C(=O)NC(Cc1ccc(C(C)C)cc1)c1nc(-c2cccs2)cs1.